The third-order valence-electron chi connectivity index (χ3n) is 4.92. The summed E-state index contributed by atoms with van der Waals surface area (Å²) in [5.74, 6) is -2.50. The second-order valence-corrected chi connectivity index (χ2v) is 6.17. The van der Waals surface area contributed by atoms with E-state index in [9.17, 15) is 8.78 Å². The lowest BCUT2D eigenvalue weighted by Crippen LogP contribution is -2.58. The maximum atomic E-state index is 14.2. The zero-order chi connectivity index (χ0) is 14.1. The summed E-state index contributed by atoms with van der Waals surface area (Å²) in [7, 11) is 0. The first-order valence-corrected chi connectivity index (χ1v) is 7.46. The Balaban J connectivity index is 1.62. The second kappa shape index (κ2) is 5.41. The summed E-state index contributed by atoms with van der Waals surface area (Å²) in [5.41, 5.74) is 0.454. The van der Waals surface area contributed by atoms with Gasteiger partial charge in [-0.05, 0) is 31.5 Å². The second-order valence-electron chi connectivity index (χ2n) is 6.17. The van der Waals surface area contributed by atoms with Gasteiger partial charge < -0.3 is 5.32 Å². The third-order valence-corrected chi connectivity index (χ3v) is 4.92. The van der Waals surface area contributed by atoms with Gasteiger partial charge in [-0.2, -0.15) is 0 Å². The SMILES string of the molecule is FC1(F)CCNCC12CCN(Cc1ccccc1)CC2. The Labute approximate surface area is 119 Å². The molecule has 1 aromatic rings. The lowest BCUT2D eigenvalue weighted by molar-refractivity contribution is -0.163. The molecule has 4 heteroatoms. The molecule has 0 aromatic heterocycles. The molecule has 20 heavy (non-hydrogen) atoms. The first-order chi connectivity index (χ1) is 9.61. The predicted molar refractivity (Wildman–Crippen MR) is 75.8 cm³/mol. The van der Waals surface area contributed by atoms with Crippen LogP contribution in [0.1, 0.15) is 24.8 Å². The van der Waals surface area contributed by atoms with Crippen LogP contribution in [-0.4, -0.2) is 37.0 Å². The van der Waals surface area contributed by atoms with E-state index in [2.05, 4.69) is 22.3 Å². The van der Waals surface area contributed by atoms with Crippen LogP contribution in [0.15, 0.2) is 30.3 Å². The molecule has 2 nitrogen and oxygen atoms in total. The summed E-state index contributed by atoms with van der Waals surface area (Å²) in [6.07, 6.45) is 1.19. The fourth-order valence-electron chi connectivity index (χ4n) is 3.49. The van der Waals surface area contributed by atoms with Crippen LogP contribution < -0.4 is 5.32 Å². The number of hydrogen-bond acceptors (Lipinski definition) is 2. The van der Waals surface area contributed by atoms with Crippen molar-refractivity contribution in [1.82, 2.24) is 10.2 Å². The Hall–Kier alpha value is -1.00. The fourth-order valence-corrected chi connectivity index (χ4v) is 3.49. The van der Waals surface area contributed by atoms with Gasteiger partial charge in [0.15, 0.2) is 0 Å². The normalized spacial score (nSPS) is 25.7. The van der Waals surface area contributed by atoms with E-state index in [0.29, 0.717) is 25.9 Å². The molecule has 2 aliphatic heterocycles. The molecular formula is C16H22F2N2. The average molecular weight is 280 g/mol. The van der Waals surface area contributed by atoms with Gasteiger partial charge >= 0.3 is 0 Å². The van der Waals surface area contributed by atoms with Crippen molar-refractivity contribution in [2.75, 3.05) is 26.2 Å². The highest BCUT2D eigenvalue weighted by Gasteiger charge is 2.55. The Morgan fingerprint density at radius 3 is 2.40 bits per heavy atom. The maximum absolute atomic E-state index is 14.2. The van der Waals surface area contributed by atoms with Crippen LogP contribution in [0.2, 0.25) is 0 Å². The number of hydrogen-bond donors (Lipinski definition) is 1. The van der Waals surface area contributed by atoms with Crippen LogP contribution in [0, 0.1) is 5.41 Å². The lowest BCUT2D eigenvalue weighted by Gasteiger charge is -2.49. The Bertz CT molecular complexity index is 439. The first kappa shape index (κ1) is 14.0. The van der Waals surface area contributed by atoms with Crippen LogP contribution in [0.3, 0.4) is 0 Å². The molecule has 0 bridgehead atoms. The first-order valence-electron chi connectivity index (χ1n) is 7.46. The van der Waals surface area contributed by atoms with Crippen LogP contribution in [0.5, 0.6) is 0 Å². The summed E-state index contributed by atoms with van der Waals surface area (Å²) in [6.45, 7) is 3.33. The molecule has 1 N–H and O–H groups in total. The van der Waals surface area contributed by atoms with Crippen LogP contribution >= 0.6 is 0 Å². The zero-order valence-corrected chi connectivity index (χ0v) is 11.7. The van der Waals surface area contributed by atoms with Gasteiger partial charge in [-0.25, -0.2) is 8.78 Å². The summed E-state index contributed by atoms with van der Waals surface area (Å²) >= 11 is 0. The molecule has 0 radical (unpaired) electrons. The molecule has 0 amide bonds. The van der Waals surface area contributed by atoms with Crippen molar-refractivity contribution in [1.29, 1.82) is 0 Å². The highest BCUT2D eigenvalue weighted by atomic mass is 19.3. The third kappa shape index (κ3) is 2.59. The Morgan fingerprint density at radius 2 is 1.75 bits per heavy atom. The number of piperidine rings is 2. The van der Waals surface area contributed by atoms with Gasteiger partial charge in [0.05, 0.1) is 0 Å². The number of benzene rings is 1. The molecule has 110 valence electrons. The fraction of sp³-hybridized carbons (Fsp3) is 0.625. The number of halogens is 2. The number of alkyl halides is 2. The summed E-state index contributed by atoms with van der Waals surface area (Å²) in [5, 5.41) is 3.17. The van der Waals surface area contributed by atoms with Gasteiger partial charge in [0, 0.05) is 31.5 Å². The quantitative estimate of drug-likeness (QED) is 0.896. The standard InChI is InChI=1S/C16H22F2N2/c17-16(18)6-9-19-13-15(16)7-10-20(11-8-15)12-14-4-2-1-3-5-14/h1-5,19H,6-13H2. The molecule has 2 aliphatic rings. The van der Waals surface area contributed by atoms with E-state index >= 15 is 0 Å². The molecular weight excluding hydrogens is 258 g/mol. The van der Waals surface area contributed by atoms with Gasteiger partial charge in [-0.3, -0.25) is 4.90 Å². The van der Waals surface area contributed by atoms with E-state index in [0.717, 1.165) is 19.6 Å². The van der Waals surface area contributed by atoms with Crippen LogP contribution in [-0.2, 0) is 6.54 Å². The summed E-state index contributed by atoms with van der Waals surface area (Å²) in [6, 6.07) is 10.3. The molecule has 0 aliphatic carbocycles. The van der Waals surface area contributed by atoms with E-state index in [1.807, 2.05) is 18.2 Å². The lowest BCUT2D eigenvalue weighted by atomic mass is 9.70. The van der Waals surface area contributed by atoms with E-state index in [1.165, 1.54) is 5.56 Å². The van der Waals surface area contributed by atoms with Crippen molar-refractivity contribution >= 4 is 0 Å². The van der Waals surface area contributed by atoms with Gasteiger partial charge in [-0.1, -0.05) is 30.3 Å². The molecule has 0 unspecified atom stereocenters. The molecule has 2 fully saturated rings. The molecule has 1 aromatic carbocycles. The zero-order valence-electron chi connectivity index (χ0n) is 11.7. The molecule has 0 saturated carbocycles. The van der Waals surface area contributed by atoms with Crippen LogP contribution in [0.25, 0.3) is 0 Å². The molecule has 1 spiro atoms. The number of nitrogens with one attached hydrogen (secondary N) is 1. The topological polar surface area (TPSA) is 15.3 Å². The van der Waals surface area contributed by atoms with E-state index in [1.54, 1.807) is 0 Å². The Kier molecular flexibility index (Phi) is 3.78. The van der Waals surface area contributed by atoms with Gasteiger partial charge in [0.25, 0.3) is 5.92 Å². The van der Waals surface area contributed by atoms with E-state index < -0.39 is 11.3 Å². The maximum Gasteiger partial charge on any atom is 0.256 e. The smallest absolute Gasteiger partial charge is 0.256 e. The summed E-state index contributed by atoms with van der Waals surface area (Å²) in [4.78, 5) is 2.30. The highest BCUT2D eigenvalue weighted by Crippen LogP contribution is 2.48. The molecule has 2 saturated heterocycles. The van der Waals surface area contributed by atoms with E-state index in [-0.39, 0.29) is 6.42 Å². The minimum Gasteiger partial charge on any atom is -0.316 e. The molecule has 0 atom stereocenters. The van der Waals surface area contributed by atoms with Crippen molar-refractivity contribution < 1.29 is 8.78 Å². The van der Waals surface area contributed by atoms with Crippen molar-refractivity contribution in [3.63, 3.8) is 0 Å². The average Bonchev–Trinajstić information content (AvgIpc) is 2.46. The minimum atomic E-state index is -2.50. The van der Waals surface area contributed by atoms with E-state index in [4.69, 9.17) is 0 Å². The van der Waals surface area contributed by atoms with Crippen molar-refractivity contribution in [2.45, 2.75) is 31.7 Å². The van der Waals surface area contributed by atoms with Gasteiger partial charge in [0.1, 0.15) is 0 Å². The minimum absolute atomic E-state index is 0.00825. The van der Waals surface area contributed by atoms with Gasteiger partial charge in [-0.15, -0.1) is 0 Å². The molecule has 3 rings (SSSR count). The monoisotopic (exact) mass is 280 g/mol. The Morgan fingerprint density at radius 1 is 1.05 bits per heavy atom. The number of nitrogens with zero attached hydrogens (tertiary/aromatic N) is 1. The van der Waals surface area contributed by atoms with Crippen LogP contribution in [0.4, 0.5) is 8.78 Å². The number of likely N-dealkylation sites (tertiary alicyclic amines) is 1. The van der Waals surface area contributed by atoms with Crippen molar-refractivity contribution in [3.05, 3.63) is 35.9 Å². The van der Waals surface area contributed by atoms with Gasteiger partial charge in [0.2, 0.25) is 0 Å². The predicted octanol–water partition coefficient (Wildman–Crippen LogP) is 2.90. The largest absolute Gasteiger partial charge is 0.316 e. The number of rotatable bonds is 2. The molecule has 2 heterocycles. The highest BCUT2D eigenvalue weighted by molar-refractivity contribution is 5.14. The van der Waals surface area contributed by atoms with Crippen molar-refractivity contribution in [2.24, 2.45) is 5.41 Å². The summed E-state index contributed by atoms with van der Waals surface area (Å²) < 4.78 is 28.5. The van der Waals surface area contributed by atoms with Crippen molar-refractivity contribution in [3.8, 4) is 0 Å².